The van der Waals surface area contributed by atoms with E-state index in [4.69, 9.17) is 0 Å². The number of nitrogens with one attached hydrogen (secondary N) is 1. The minimum Gasteiger partial charge on any atom is -0.369 e. The van der Waals surface area contributed by atoms with Crippen molar-refractivity contribution >= 4 is 5.69 Å². The lowest BCUT2D eigenvalue weighted by molar-refractivity contribution is 0.198. The molecular formula is C18H29N3. The first-order valence-corrected chi connectivity index (χ1v) is 8.48. The van der Waals surface area contributed by atoms with Crippen LogP contribution in [0.25, 0.3) is 0 Å². The van der Waals surface area contributed by atoms with Crippen molar-refractivity contribution in [3.8, 4) is 0 Å². The van der Waals surface area contributed by atoms with Gasteiger partial charge in [-0.05, 0) is 49.9 Å². The highest BCUT2D eigenvalue weighted by molar-refractivity contribution is 5.48. The van der Waals surface area contributed by atoms with Crippen molar-refractivity contribution in [2.45, 2.75) is 32.7 Å². The highest BCUT2D eigenvalue weighted by Gasteiger charge is 2.23. The number of benzene rings is 1. The molecule has 0 radical (unpaired) electrons. The van der Waals surface area contributed by atoms with Gasteiger partial charge < -0.3 is 10.2 Å². The topological polar surface area (TPSA) is 18.5 Å². The molecule has 2 heterocycles. The van der Waals surface area contributed by atoms with E-state index >= 15 is 0 Å². The summed E-state index contributed by atoms with van der Waals surface area (Å²) in [6, 6.07) is 9.60. The number of piperazine rings is 1. The van der Waals surface area contributed by atoms with Crippen molar-refractivity contribution in [1.82, 2.24) is 10.2 Å². The van der Waals surface area contributed by atoms with Gasteiger partial charge in [0, 0.05) is 44.5 Å². The van der Waals surface area contributed by atoms with Crippen LogP contribution in [0.2, 0.25) is 0 Å². The minimum atomic E-state index is 0.708. The molecule has 3 nitrogen and oxygen atoms in total. The van der Waals surface area contributed by atoms with Gasteiger partial charge in [0.05, 0.1) is 0 Å². The summed E-state index contributed by atoms with van der Waals surface area (Å²) in [6.45, 7) is 11.7. The molecule has 0 saturated carbocycles. The SMILES string of the molecule is Cc1cccc(N2CCN(CC3CC(C)CCN3)CC2)c1. The van der Waals surface area contributed by atoms with Crippen molar-refractivity contribution in [2.75, 3.05) is 44.2 Å². The highest BCUT2D eigenvalue weighted by Crippen LogP contribution is 2.19. The Hall–Kier alpha value is -1.06. The first-order valence-electron chi connectivity index (χ1n) is 8.48. The smallest absolute Gasteiger partial charge is 0.0369 e. The summed E-state index contributed by atoms with van der Waals surface area (Å²) in [4.78, 5) is 5.17. The van der Waals surface area contributed by atoms with Crippen molar-refractivity contribution in [2.24, 2.45) is 5.92 Å². The fourth-order valence-corrected chi connectivity index (χ4v) is 3.68. The van der Waals surface area contributed by atoms with Crippen molar-refractivity contribution < 1.29 is 0 Å². The molecule has 1 aromatic rings. The van der Waals surface area contributed by atoms with E-state index in [1.54, 1.807) is 0 Å². The maximum absolute atomic E-state index is 3.69. The van der Waals surface area contributed by atoms with E-state index in [1.165, 1.54) is 50.3 Å². The van der Waals surface area contributed by atoms with Crippen LogP contribution < -0.4 is 10.2 Å². The van der Waals surface area contributed by atoms with Crippen LogP contribution in [-0.4, -0.2) is 50.2 Å². The van der Waals surface area contributed by atoms with E-state index in [2.05, 4.69) is 53.2 Å². The van der Waals surface area contributed by atoms with Crippen LogP contribution in [0.1, 0.15) is 25.3 Å². The number of nitrogens with zero attached hydrogens (tertiary/aromatic N) is 2. The summed E-state index contributed by atoms with van der Waals surface area (Å²) in [6.07, 6.45) is 2.69. The number of aryl methyl sites for hydroxylation is 1. The lowest BCUT2D eigenvalue weighted by Gasteiger charge is -2.39. The Labute approximate surface area is 129 Å². The van der Waals surface area contributed by atoms with Gasteiger partial charge in [-0.1, -0.05) is 19.1 Å². The van der Waals surface area contributed by atoms with Crippen LogP contribution >= 0.6 is 0 Å². The van der Waals surface area contributed by atoms with Crippen molar-refractivity contribution in [3.63, 3.8) is 0 Å². The molecule has 3 rings (SSSR count). The molecule has 2 aliphatic heterocycles. The van der Waals surface area contributed by atoms with Crippen molar-refractivity contribution in [1.29, 1.82) is 0 Å². The van der Waals surface area contributed by atoms with Gasteiger partial charge in [0.25, 0.3) is 0 Å². The third kappa shape index (κ3) is 3.98. The molecule has 1 N–H and O–H groups in total. The summed E-state index contributed by atoms with van der Waals surface area (Å²) in [5, 5.41) is 3.69. The summed E-state index contributed by atoms with van der Waals surface area (Å²) < 4.78 is 0. The highest BCUT2D eigenvalue weighted by atomic mass is 15.3. The molecule has 3 heteroatoms. The second kappa shape index (κ2) is 6.80. The summed E-state index contributed by atoms with van der Waals surface area (Å²) in [5.41, 5.74) is 2.74. The van der Waals surface area contributed by atoms with Crippen LogP contribution in [-0.2, 0) is 0 Å². The van der Waals surface area contributed by atoms with Crippen LogP contribution in [0.3, 0.4) is 0 Å². The van der Waals surface area contributed by atoms with Crippen LogP contribution in [0.4, 0.5) is 5.69 Å². The summed E-state index contributed by atoms with van der Waals surface area (Å²) in [7, 11) is 0. The van der Waals surface area contributed by atoms with Gasteiger partial charge in [-0.15, -0.1) is 0 Å². The second-order valence-electron chi connectivity index (χ2n) is 6.91. The monoisotopic (exact) mass is 287 g/mol. The molecule has 0 bridgehead atoms. The van der Waals surface area contributed by atoms with E-state index in [-0.39, 0.29) is 0 Å². The predicted octanol–water partition coefficient (Wildman–Crippen LogP) is 2.51. The van der Waals surface area contributed by atoms with Crippen molar-refractivity contribution in [3.05, 3.63) is 29.8 Å². The Bertz CT molecular complexity index is 452. The standard InChI is InChI=1S/C18H29N3/c1-15-4-3-5-18(13-15)21-10-8-20(9-11-21)14-17-12-16(2)6-7-19-17/h3-5,13,16-17,19H,6-12,14H2,1-2H3. The molecular weight excluding hydrogens is 258 g/mol. The number of anilines is 1. The Morgan fingerprint density at radius 3 is 2.71 bits per heavy atom. The molecule has 2 fully saturated rings. The lowest BCUT2D eigenvalue weighted by atomic mass is 9.94. The predicted molar refractivity (Wildman–Crippen MR) is 90.0 cm³/mol. The third-order valence-electron chi connectivity index (χ3n) is 4.97. The van der Waals surface area contributed by atoms with Gasteiger partial charge in [0.1, 0.15) is 0 Å². The van der Waals surface area contributed by atoms with Gasteiger partial charge in [0.2, 0.25) is 0 Å². The molecule has 0 aromatic heterocycles. The molecule has 1 aromatic carbocycles. The zero-order valence-electron chi connectivity index (χ0n) is 13.5. The number of hydrogen-bond acceptors (Lipinski definition) is 3. The average molecular weight is 287 g/mol. The summed E-state index contributed by atoms with van der Waals surface area (Å²) >= 11 is 0. The first-order chi connectivity index (χ1) is 10.2. The van der Waals surface area contributed by atoms with Gasteiger partial charge in [-0.3, -0.25) is 4.90 Å². The first kappa shape index (κ1) is 14.9. The third-order valence-corrected chi connectivity index (χ3v) is 4.97. The van der Waals surface area contributed by atoms with Gasteiger partial charge >= 0.3 is 0 Å². The van der Waals surface area contributed by atoms with E-state index in [0.717, 1.165) is 19.0 Å². The fourth-order valence-electron chi connectivity index (χ4n) is 3.68. The van der Waals surface area contributed by atoms with Gasteiger partial charge in [-0.25, -0.2) is 0 Å². The second-order valence-corrected chi connectivity index (χ2v) is 6.91. The minimum absolute atomic E-state index is 0.708. The molecule has 0 spiro atoms. The molecule has 0 aliphatic carbocycles. The Kier molecular flexibility index (Phi) is 4.81. The molecule has 2 saturated heterocycles. The average Bonchev–Trinajstić information content (AvgIpc) is 2.48. The van der Waals surface area contributed by atoms with E-state index in [1.807, 2.05) is 0 Å². The maximum Gasteiger partial charge on any atom is 0.0369 e. The molecule has 2 aliphatic rings. The lowest BCUT2D eigenvalue weighted by Crippen LogP contribution is -2.52. The largest absolute Gasteiger partial charge is 0.369 e. The molecule has 2 atom stereocenters. The Balaban J connectivity index is 1.48. The number of rotatable bonds is 3. The maximum atomic E-state index is 3.69. The number of piperidine rings is 1. The zero-order chi connectivity index (χ0) is 14.7. The van der Waals surface area contributed by atoms with Gasteiger partial charge in [0.15, 0.2) is 0 Å². The van der Waals surface area contributed by atoms with E-state index < -0.39 is 0 Å². The van der Waals surface area contributed by atoms with E-state index in [9.17, 15) is 0 Å². The zero-order valence-corrected chi connectivity index (χ0v) is 13.5. The molecule has 2 unspecified atom stereocenters. The fraction of sp³-hybridized carbons (Fsp3) is 0.667. The van der Waals surface area contributed by atoms with E-state index in [0.29, 0.717) is 6.04 Å². The van der Waals surface area contributed by atoms with Gasteiger partial charge in [-0.2, -0.15) is 0 Å². The van der Waals surface area contributed by atoms with Crippen LogP contribution in [0, 0.1) is 12.8 Å². The van der Waals surface area contributed by atoms with Crippen LogP contribution in [0.15, 0.2) is 24.3 Å². The molecule has 0 amide bonds. The van der Waals surface area contributed by atoms with Crippen LogP contribution in [0.5, 0.6) is 0 Å². The summed E-state index contributed by atoms with van der Waals surface area (Å²) in [5.74, 6) is 0.893. The normalized spacial score (nSPS) is 27.8. The molecule has 116 valence electrons. The number of hydrogen-bond donors (Lipinski definition) is 1. The Morgan fingerprint density at radius 2 is 2.00 bits per heavy atom. The molecule has 21 heavy (non-hydrogen) atoms. The quantitative estimate of drug-likeness (QED) is 0.921. The Morgan fingerprint density at radius 1 is 1.19 bits per heavy atom.